The van der Waals surface area contributed by atoms with Crippen LogP contribution in [0.2, 0.25) is 0 Å². The lowest BCUT2D eigenvalue weighted by Gasteiger charge is -2.23. The van der Waals surface area contributed by atoms with Crippen molar-refractivity contribution < 1.29 is 4.74 Å². The molecule has 15 heavy (non-hydrogen) atoms. The van der Waals surface area contributed by atoms with Crippen LogP contribution < -0.4 is 5.73 Å². The Hall–Kier alpha value is 0.270. The van der Waals surface area contributed by atoms with Gasteiger partial charge in [-0.3, -0.25) is 0 Å². The van der Waals surface area contributed by atoms with Gasteiger partial charge in [0.2, 0.25) is 0 Å². The van der Waals surface area contributed by atoms with E-state index < -0.39 is 0 Å². The molecule has 0 spiro atoms. The summed E-state index contributed by atoms with van der Waals surface area (Å²) in [6, 6.07) is 0. The van der Waals surface area contributed by atoms with E-state index in [9.17, 15) is 0 Å². The maximum atomic E-state index is 5.86. The minimum atomic E-state index is 0.764. The predicted octanol–water partition coefficient (Wildman–Crippen LogP) is 2.66. The Balaban J connectivity index is 2.22. The first kappa shape index (κ1) is 13.3. The molecule has 0 amide bonds. The van der Waals surface area contributed by atoms with Crippen molar-refractivity contribution in [1.82, 2.24) is 0 Å². The molecule has 2 nitrogen and oxygen atoms in total. The third kappa shape index (κ3) is 5.23. The van der Waals surface area contributed by atoms with Gasteiger partial charge in [0.25, 0.3) is 0 Å². The molecule has 1 fully saturated rings. The fraction of sp³-hybridized carbons (Fsp3) is 1.00. The van der Waals surface area contributed by atoms with Crippen LogP contribution in [0, 0.1) is 5.92 Å². The Morgan fingerprint density at radius 2 is 2.07 bits per heavy atom. The monoisotopic (exact) mass is 231 g/mol. The van der Waals surface area contributed by atoms with Gasteiger partial charge in [-0.15, -0.1) is 0 Å². The zero-order chi connectivity index (χ0) is 10.9. The number of rotatable bonds is 6. The fourth-order valence-electron chi connectivity index (χ4n) is 2.28. The van der Waals surface area contributed by atoms with Crippen molar-refractivity contribution in [1.29, 1.82) is 0 Å². The summed E-state index contributed by atoms with van der Waals surface area (Å²) >= 11 is 2.12. The highest BCUT2D eigenvalue weighted by molar-refractivity contribution is 7.99. The molecule has 0 aromatic carbocycles. The average Bonchev–Trinajstić information content (AvgIpc) is 2.49. The SMILES string of the molecule is COCCCSC1CCCCCC1CN. The van der Waals surface area contributed by atoms with Crippen molar-refractivity contribution in [3.8, 4) is 0 Å². The van der Waals surface area contributed by atoms with Crippen molar-refractivity contribution in [3.05, 3.63) is 0 Å². The normalized spacial score (nSPS) is 27.6. The molecule has 0 heterocycles. The maximum absolute atomic E-state index is 5.86. The third-order valence-electron chi connectivity index (χ3n) is 3.22. The summed E-state index contributed by atoms with van der Waals surface area (Å²) in [6.45, 7) is 1.77. The highest BCUT2D eigenvalue weighted by Crippen LogP contribution is 2.31. The largest absolute Gasteiger partial charge is 0.385 e. The topological polar surface area (TPSA) is 35.2 Å². The first-order valence-electron chi connectivity index (χ1n) is 6.19. The van der Waals surface area contributed by atoms with Crippen LogP contribution in [0.4, 0.5) is 0 Å². The molecule has 1 aliphatic carbocycles. The predicted molar refractivity (Wildman–Crippen MR) is 68.4 cm³/mol. The quantitative estimate of drug-likeness (QED) is 0.564. The van der Waals surface area contributed by atoms with Gasteiger partial charge in [-0.2, -0.15) is 11.8 Å². The number of thioether (sulfide) groups is 1. The minimum Gasteiger partial charge on any atom is -0.385 e. The molecule has 0 bridgehead atoms. The molecule has 0 saturated heterocycles. The molecule has 0 radical (unpaired) electrons. The lowest BCUT2D eigenvalue weighted by Crippen LogP contribution is -2.25. The van der Waals surface area contributed by atoms with E-state index in [1.54, 1.807) is 7.11 Å². The van der Waals surface area contributed by atoms with Crippen molar-refractivity contribution in [2.45, 2.75) is 43.8 Å². The van der Waals surface area contributed by atoms with Gasteiger partial charge >= 0.3 is 0 Å². The average molecular weight is 231 g/mol. The second-order valence-corrected chi connectivity index (χ2v) is 5.74. The maximum Gasteiger partial charge on any atom is 0.0470 e. The van der Waals surface area contributed by atoms with E-state index in [0.717, 1.165) is 24.3 Å². The number of hydrogen-bond acceptors (Lipinski definition) is 3. The Morgan fingerprint density at radius 3 is 2.80 bits per heavy atom. The van der Waals surface area contributed by atoms with E-state index in [1.165, 1.54) is 44.3 Å². The zero-order valence-electron chi connectivity index (χ0n) is 9.91. The minimum absolute atomic E-state index is 0.764. The van der Waals surface area contributed by atoms with Gasteiger partial charge in [0.05, 0.1) is 0 Å². The Morgan fingerprint density at radius 1 is 1.27 bits per heavy atom. The summed E-state index contributed by atoms with van der Waals surface area (Å²) in [5.41, 5.74) is 5.86. The molecule has 2 unspecified atom stereocenters. The molecule has 1 saturated carbocycles. The van der Waals surface area contributed by atoms with E-state index in [1.807, 2.05) is 0 Å². The van der Waals surface area contributed by atoms with Crippen LogP contribution in [0.15, 0.2) is 0 Å². The van der Waals surface area contributed by atoms with Crippen LogP contribution in [0.25, 0.3) is 0 Å². The third-order valence-corrected chi connectivity index (χ3v) is 4.79. The molecule has 1 aliphatic rings. The second kappa shape index (κ2) is 8.43. The van der Waals surface area contributed by atoms with Gasteiger partial charge in [0.1, 0.15) is 0 Å². The second-order valence-electron chi connectivity index (χ2n) is 4.39. The summed E-state index contributed by atoms with van der Waals surface area (Å²) in [6.07, 6.45) is 8.09. The van der Waals surface area contributed by atoms with Gasteiger partial charge < -0.3 is 10.5 Å². The Kier molecular flexibility index (Phi) is 7.49. The smallest absolute Gasteiger partial charge is 0.0470 e. The molecule has 2 N–H and O–H groups in total. The summed E-state index contributed by atoms with van der Waals surface area (Å²) in [4.78, 5) is 0. The Labute approximate surface area is 98.3 Å². The lowest BCUT2D eigenvalue weighted by molar-refractivity contribution is 0.200. The number of hydrogen-bond donors (Lipinski definition) is 1. The van der Waals surface area contributed by atoms with Crippen LogP contribution in [0.1, 0.15) is 38.5 Å². The van der Waals surface area contributed by atoms with Crippen LogP contribution >= 0.6 is 11.8 Å². The van der Waals surface area contributed by atoms with Crippen LogP contribution in [-0.2, 0) is 4.74 Å². The van der Waals surface area contributed by atoms with E-state index in [0.29, 0.717) is 0 Å². The van der Waals surface area contributed by atoms with Crippen molar-refractivity contribution in [2.24, 2.45) is 11.7 Å². The molecule has 0 aromatic heterocycles. The van der Waals surface area contributed by atoms with E-state index in [4.69, 9.17) is 10.5 Å². The number of nitrogens with two attached hydrogens (primary N) is 1. The molecular weight excluding hydrogens is 206 g/mol. The first-order valence-corrected chi connectivity index (χ1v) is 7.24. The zero-order valence-corrected chi connectivity index (χ0v) is 10.7. The summed E-state index contributed by atoms with van der Waals surface area (Å²) in [7, 11) is 1.78. The standard InChI is InChI=1S/C12H25NOS/c1-14-8-5-9-15-12-7-4-2-3-6-11(12)10-13/h11-12H,2-10,13H2,1H3. The summed E-state index contributed by atoms with van der Waals surface area (Å²) in [5.74, 6) is 2.00. The van der Waals surface area contributed by atoms with Gasteiger partial charge in [-0.25, -0.2) is 0 Å². The highest BCUT2D eigenvalue weighted by atomic mass is 32.2. The van der Waals surface area contributed by atoms with E-state index in [-0.39, 0.29) is 0 Å². The summed E-state index contributed by atoms with van der Waals surface area (Å²) in [5, 5.41) is 0.814. The fourth-order valence-corrected chi connectivity index (χ4v) is 3.72. The molecule has 0 aromatic rings. The molecule has 3 heteroatoms. The Bertz CT molecular complexity index is 155. The van der Waals surface area contributed by atoms with Crippen LogP contribution in [-0.4, -0.2) is 31.3 Å². The molecule has 2 atom stereocenters. The van der Waals surface area contributed by atoms with E-state index >= 15 is 0 Å². The van der Waals surface area contributed by atoms with Crippen LogP contribution in [0.3, 0.4) is 0 Å². The molecular formula is C12H25NOS. The molecule has 90 valence electrons. The molecule has 1 rings (SSSR count). The molecule has 0 aliphatic heterocycles. The van der Waals surface area contributed by atoms with Crippen molar-refractivity contribution in [3.63, 3.8) is 0 Å². The van der Waals surface area contributed by atoms with Gasteiger partial charge in [-0.05, 0) is 37.5 Å². The van der Waals surface area contributed by atoms with Crippen molar-refractivity contribution >= 4 is 11.8 Å². The van der Waals surface area contributed by atoms with Gasteiger partial charge in [-0.1, -0.05) is 19.3 Å². The lowest BCUT2D eigenvalue weighted by atomic mass is 10.0. The summed E-state index contributed by atoms with van der Waals surface area (Å²) < 4.78 is 5.07. The van der Waals surface area contributed by atoms with Crippen LogP contribution in [0.5, 0.6) is 0 Å². The number of ether oxygens (including phenoxy) is 1. The van der Waals surface area contributed by atoms with Crippen molar-refractivity contribution in [2.75, 3.05) is 26.0 Å². The van der Waals surface area contributed by atoms with Gasteiger partial charge in [0.15, 0.2) is 0 Å². The highest BCUT2D eigenvalue weighted by Gasteiger charge is 2.22. The van der Waals surface area contributed by atoms with Gasteiger partial charge in [0, 0.05) is 19.0 Å². The number of methoxy groups -OCH3 is 1. The first-order chi connectivity index (χ1) is 7.38. The van der Waals surface area contributed by atoms with E-state index in [2.05, 4.69) is 11.8 Å².